The van der Waals surface area contributed by atoms with Crippen molar-refractivity contribution in [2.45, 2.75) is 39.2 Å². The van der Waals surface area contributed by atoms with Crippen LogP contribution in [-0.2, 0) is 6.54 Å². The van der Waals surface area contributed by atoms with E-state index in [0.717, 1.165) is 24.9 Å². The molecule has 0 saturated heterocycles. The minimum Gasteiger partial charge on any atom is -0.397 e. The number of nitrogen functional groups attached to an aromatic ring is 1. The van der Waals surface area contributed by atoms with Crippen LogP contribution in [0.5, 0.6) is 0 Å². The van der Waals surface area contributed by atoms with Gasteiger partial charge in [0.15, 0.2) is 0 Å². The molecule has 2 fully saturated rings. The maximum Gasteiger partial charge on any atom is 0.267 e. The summed E-state index contributed by atoms with van der Waals surface area (Å²) in [6.07, 6.45) is 7.25. The molecule has 4 heteroatoms. The van der Waals surface area contributed by atoms with Gasteiger partial charge in [0.05, 0.1) is 5.69 Å². The Morgan fingerprint density at radius 3 is 2.58 bits per heavy atom. The first-order valence-electron chi connectivity index (χ1n) is 7.43. The molecular formula is C15H23N3O. The smallest absolute Gasteiger partial charge is 0.267 e. The number of nitrogens with one attached hydrogen (secondary N) is 1. The zero-order valence-corrected chi connectivity index (χ0v) is 11.6. The van der Waals surface area contributed by atoms with Crippen LogP contribution in [0.3, 0.4) is 0 Å². The standard InChI is InChI=1S/C15H23N3O/c1-2-18-9-12(16)7-14(18)15(19)17-8-13(10-3-4-10)11-5-6-11/h7,9-11,13H,2-6,8,16H2,1H3,(H,17,19). The van der Waals surface area contributed by atoms with E-state index in [9.17, 15) is 4.79 Å². The number of amides is 1. The van der Waals surface area contributed by atoms with Crippen molar-refractivity contribution in [2.75, 3.05) is 12.3 Å². The third kappa shape index (κ3) is 2.77. The van der Waals surface area contributed by atoms with Gasteiger partial charge in [-0.3, -0.25) is 4.79 Å². The van der Waals surface area contributed by atoms with Crippen molar-refractivity contribution < 1.29 is 4.79 Å². The van der Waals surface area contributed by atoms with Crippen LogP contribution in [0.1, 0.15) is 43.1 Å². The van der Waals surface area contributed by atoms with Crippen LogP contribution in [-0.4, -0.2) is 17.0 Å². The number of carbonyl (C=O) groups is 1. The molecule has 1 aromatic rings. The van der Waals surface area contributed by atoms with E-state index in [1.54, 1.807) is 6.07 Å². The van der Waals surface area contributed by atoms with E-state index in [-0.39, 0.29) is 5.91 Å². The summed E-state index contributed by atoms with van der Waals surface area (Å²) in [5.41, 5.74) is 7.11. The first-order chi connectivity index (χ1) is 9.19. The van der Waals surface area contributed by atoms with Crippen LogP contribution in [0.2, 0.25) is 0 Å². The van der Waals surface area contributed by atoms with Crippen LogP contribution in [0.25, 0.3) is 0 Å². The van der Waals surface area contributed by atoms with Crippen molar-refractivity contribution in [3.8, 4) is 0 Å². The molecule has 0 radical (unpaired) electrons. The van der Waals surface area contributed by atoms with E-state index in [1.165, 1.54) is 25.7 Å². The topological polar surface area (TPSA) is 60.0 Å². The number of nitrogens with two attached hydrogens (primary N) is 1. The first kappa shape index (κ1) is 12.6. The Balaban J connectivity index is 1.60. The largest absolute Gasteiger partial charge is 0.397 e. The van der Waals surface area contributed by atoms with Crippen LogP contribution in [0, 0.1) is 17.8 Å². The van der Waals surface area contributed by atoms with Gasteiger partial charge in [0.2, 0.25) is 0 Å². The number of rotatable bonds is 6. The summed E-state index contributed by atoms with van der Waals surface area (Å²) in [4.78, 5) is 12.2. The van der Waals surface area contributed by atoms with Gasteiger partial charge in [-0.25, -0.2) is 0 Å². The predicted molar refractivity (Wildman–Crippen MR) is 75.8 cm³/mol. The lowest BCUT2D eigenvalue weighted by atomic mass is 9.98. The molecule has 0 unspecified atom stereocenters. The lowest BCUT2D eigenvalue weighted by Gasteiger charge is -2.16. The van der Waals surface area contributed by atoms with E-state index in [2.05, 4.69) is 5.32 Å². The monoisotopic (exact) mass is 261 g/mol. The molecule has 2 aliphatic carbocycles. The molecule has 0 bridgehead atoms. The quantitative estimate of drug-likeness (QED) is 0.825. The normalized spacial score (nSPS) is 18.8. The molecule has 0 atom stereocenters. The number of anilines is 1. The van der Waals surface area contributed by atoms with Gasteiger partial charge in [-0.2, -0.15) is 0 Å². The van der Waals surface area contributed by atoms with Crippen molar-refractivity contribution in [2.24, 2.45) is 17.8 Å². The molecule has 0 aliphatic heterocycles. The van der Waals surface area contributed by atoms with Gasteiger partial charge in [-0.15, -0.1) is 0 Å². The summed E-state index contributed by atoms with van der Waals surface area (Å²) < 4.78 is 1.91. The van der Waals surface area contributed by atoms with Gasteiger partial charge in [-0.1, -0.05) is 0 Å². The maximum absolute atomic E-state index is 12.2. The number of carbonyl (C=O) groups excluding carboxylic acids is 1. The molecule has 2 saturated carbocycles. The maximum atomic E-state index is 12.2. The number of hydrogen-bond donors (Lipinski definition) is 2. The Labute approximate surface area is 114 Å². The second-order valence-electron chi connectivity index (χ2n) is 5.99. The molecule has 3 N–H and O–H groups in total. The molecule has 0 spiro atoms. The Morgan fingerprint density at radius 2 is 2.05 bits per heavy atom. The molecule has 19 heavy (non-hydrogen) atoms. The van der Waals surface area contributed by atoms with Crippen LogP contribution >= 0.6 is 0 Å². The van der Waals surface area contributed by atoms with E-state index < -0.39 is 0 Å². The second kappa shape index (κ2) is 4.91. The summed E-state index contributed by atoms with van der Waals surface area (Å²) >= 11 is 0. The van der Waals surface area contributed by atoms with E-state index >= 15 is 0 Å². The zero-order valence-electron chi connectivity index (χ0n) is 11.6. The molecule has 2 aliphatic rings. The highest BCUT2D eigenvalue weighted by molar-refractivity contribution is 5.93. The molecule has 104 valence electrons. The average molecular weight is 261 g/mol. The summed E-state index contributed by atoms with van der Waals surface area (Å²) in [6.45, 7) is 3.63. The van der Waals surface area contributed by atoms with Crippen LogP contribution in [0.4, 0.5) is 5.69 Å². The molecular weight excluding hydrogens is 238 g/mol. The zero-order chi connectivity index (χ0) is 13.4. The van der Waals surface area contributed by atoms with Crippen molar-refractivity contribution >= 4 is 11.6 Å². The summed E-state index contributed by atoms with van der Waals surface area (Å²) in [5, 5.41) is 3.11. The van der Waals surface area contributed by atoms with Gasteiger partial charge in [0, 0.05) is 19.3 Å². The highest BCUT2D eigenvalue weighted by atomic mass is 16.1. The van der Waals surface area contributed by atoms with E-state index in [0.29, 0.717) is 17.3 Å². The van der Waals surface area contributed by atoms with Crippen molar-refractivity contribution in [3.63, 3.8) is 0 Å². The third-order valence-electron chi connectivity index (χ3n) is 4.44. The average Bonchev–Trinajstić information content (AvgIpc) is 3.28. The van der Waals surface area contributed by atoms with Crippen LogP contribution < -0.4 is 11.1 Å². The van der Waals surface area contributed by atoms with E-state index in [4.69, 9.17) is 5.73 Å². The predicted octanol–water partition coefficient (Wildman–Crippen LogP) is 2.26. The Hall–Kier alpha value is -1.45. The van der Waals surface area contributed by atoms with Gasteiger partial charge < -0.3 is 15.6 Å². The Morgan fingerprint density at radius 1 is 1.42 bits per heavy atom. The molecule has 1 amide bonds. The van der Waals surface area contributed by atoms with Gasteiger partial charge in [-0.05, 0) is 56.4 Å². The molecule has 0 aromatic carbocycles. The fourth-order valence-electron chi connectivity index (χ4n) is 3.05. The molecule has 4 nitrogen and oxygen atoms in total. The molecule has 1 aromatic heterocycles. The number of hydrogen-bond acceptors (Lipinski definition) is 2. The summed E-state index contributed by atoms with van der Waals surface area (Å²) in [7, 11) is 0. The Bertz CT molecular complexity index is 460. The summed E-state index contributed by atoms with van der Waals surface area (Å²) in [6, 6.07) is 1.77. The lowest BCUT2D eigenvalue weighted by molar-refractivity contribution is 0.0934. The van der Waals surface area contributed by atoms with E-state index in [1.807, 2.05) is 17.7 Å². The van der Waals surface area contributed by atoms with Crippen LogP contribution in [0.15, 0.2) is 12.3 Å². The minimum absolute atomic E-state index is 0.0184. The molecule has 1 heterocycles. The van der Waals surface area contributed by atoms with Gasteiger partial charge in [0.1, 0.15) is 5.69 Å². The SMILES string of the molecule is CCn1cc(N)cc1C(=O)NCC(C1CC1)C1CC1. The number of aromatic nitrogens is 1. The highest BCUT2D eigenvalue weighted by Gasteiger charge is 2.41. The fourth-order valence-corrected chi connectivity index (χ4v) is 3.05. The lowest BCUT2D eigenvalue weighted by Crippen LogP contribution is -2.32. The van der Waals surface area contributed by atoms with Crippen molar-refractivity contribution in [3.05, 3.63) is 18.0 Å². The van der Waals surface area contributed by atoms with Crippen molar-refractivity contribution in [1.82, 2.24) is 9.88 Å². The fraction of sp³-hybridized carbons (Fsp3) is 0.667. The Kier molecular flexibility index (Phi) is 3.25. The highest BCUT2D eigenvalue weighted by Crippen LogP contribution is 2.48. The third-order valence-corrected chi connectivity index (χ3v) is 4.44. The summed E-state index contributed by atoms with van der Waals surface area (Å²) in [5.74, 6) is 2.47. The van der Waals surface area contributed by atoms with Gasteiger partial charge in [0.25, 0.3) is 5.91 Å². The minimum atomic E-state index is 0.0184. The van der Waals surface area contributed by atoms with Gasteiger partial charge >= 0.3 is 0 Å². The molecule has 3 rings (SSSR count). The number of aryl methyl sites for hydroxylation is 1. The van der Waals surface area contributed by atoms with Crippen molar-refractivity contribution in [1.29, 1.82) is 0 Å². The first-order valence-corrected chi connectivity index (χ1v) is 7.43. The second-order valence-corrected chi connectivity index (χ2v) is 5.99. The number of nitrogens with zero attached hydrogens (tertiary/aromatic N) is 1.